The number of rotatable bonds is 6. The van der Waals surface area contributed by atoms with Gasteiger partial charge in [0.25, 0.3) is 0 Å². The molecule has 2 aliphatic carbocycles. The minimum absolute atomic E-state index is 0.0418. The third kappa shape index (κ3) is 4.86. The molecule has 0 bridgehead atoms. The van der Waals surface area contributed by atoms with Crippen LogP contribution < -0.4 is 25.5 Å². The summed E-state index contributed by atoms with van der Waals surface area (Å²) in [5, 5.41) is 49.4. The van der Waals surface area contributed by atoms with E-state index in [1.165, 1.54) is 61.7 Å². The number of ether oxygens (including phenoxy) is 1. The lowest BCUT2D eigenvalue weighted by molar-refractivity contribution is -0.126. The lowest BCUT2D eigenvalue weighted by atomic mass is 9.57. The maximum Gasteiger partial charge on any atom is 0.488 e. The molecule has 244 valence electrons. The van der Waals surface area contributed by atoms with E-state index in [2.05, 4.69) is 0 Å². The van der Waals surface area contributed by atoms with Gasteiger partial charge in [0.05, 0.1) is 47.2 Å². The summed E-state index contributed by atoms with van der Waals surface area (Å²) >= 11 is 6.42. The van der Waals surface area contributed by atoms with Crippen LogP contribution >= 0.6 is 11.6 Å². The van der Waals surface area contributed by atoms with Crippen LogP contribution in [0.25, 0.3) is 0 Å². The highest BCUT2D eigenvalue weighted by Gasteiger charge is 2.62. The van der Waals surface area contributed by atoms with Crippen LogP contribution in [0.2, 0.25) is 5.02 Å². The standard InChI is InChI=1S/C33H29B2ClN2O10/c1-48-25-11-15(10-24(36)29(25)39)26-20-8-9-21-27(32(42)37(30(21)40)18-6-2-4-16(12-18)34(44)45)22(20)14-23-28(26)33(43)38(31(23)41)19-7-3-5-17(13-19)35(46)47/h2-8,10-13,21-23,26-28,39,44-47H,9,14H2,1H3. The number of nitrogens with zero attached hydrogens (tertiary/aromatic N) is 2. The second-order valence-corrected chi connectivity index (χ2v) is 12.9. The minimum Gasteiger partial charge on any atom is -0.503 e. The lowest BCUT2D eigenvalue weighted by Gasteiger charge is -2.44. The van der Waals surface area contributed by atoms with Crippen molar-refractivity contribution in [3.63, 3.8) is 0 Å². The molecule has 6 unspecified atom stereocenters. The van der Waals surface area contributed by atoms with Crippen molar-refractivity contribution in [2.75, 3.05) is 16.9 Å². The number of carbonyl (C=O) groups is 4. The molecule has 3 aromatic rings. The second-order valence-electron chi connectivity index (χ2n) is 12.5. The molecular weight excluding hydrogens is 641 g/mol. The number of hydrogen-bond acceptors (Lipinski definition) is 10. The van der Waals surface area contributed by atoms with Crippen LogP contribution in [0.3, 0.4) is 0 Å². The van der Waals surface area contributed by atoms with Gasteiger partial charge >= 0.3 is 14.2 Å². The van der Waals surface area contributed by atoms with Crippen LogP contribution in [-0.4, -0.2) is 70.2 Å². The van der Waals surface area contributed by atoms with E-state index in [1.807, 2.05) is 6.08 Å². The first kappa shape index (κ1) is 32.1. The zero-order valence-electron chi connectivity index (χ0n) is 25.4. The predicted octanol–water partition coefficient (Wildman–Crippen LogP) is 0.459. The molecule has 4 aliphatic rings. The number of methoxy groups -OCH3 is 1. The summed E-state index contributed by atoms with van der Waals surface area (Å²) < 4.78 is 5.36. The first-order valence-corrected chi connectivity index (χ1v) is 15.7. The number of hydrogen-bond donors (Lipinski definition) is 5. The van der Waals surface area contributed by atoms with Gasteiger partial charge in [-0.2, -0.15) is 0 Å². The van der Waals surface area contributed by atoms with Gasteiger partial charge in [-0.25, -0.2) is 0 Å². The fourth-order valence-corrected chi connectivity index (χ4v) is 8.27. The van der Waals surface area contributed by atoms with Crippen molar-refractivity contribution in [2.45, 2.75) is 18.8 Å². The van der Waals surface area contributed by atoms with Crippen LogP contribution in [-0.2, 0) is 19.2 Å². The Morgan fingerprint density at radius 2 is 1.31 bits per heavy atom. The van der Waals surface area contributed by atoms with Crippen molar-refractivity contribution in [1.29, 1.82) is 0 Å². The average Bonchev–Trinajstić information content (AvgIpc) is 3.48. The number of imide groups is 2. The van der Waals surface area contributed by atoms with E-state index in [1.54, 1.807) is 6.07 Å². The number of halogens is 1. The number of allylic oxidation sites excluding steroid dienone is 2. The van der Waals surface area contributed by atoms with E-state index in [4.69, 9.17) is 16.3 Å². The maximum absolute atomic E-state index is 14.3. The Morgan fingerprint density at radius 3 is 1.88 bits per heavy atom. The van der Waals surface area contributed by atoms with E-state index in [-0.39, 0.29) is 51.7 Å². The highest BCUT2D eigenvalue weighted by atomic mass is 35.5. The Morgan fingerprint density at radius 1 is 0.750 bits per heavy atom. The van der Waals surface area contributed by atoms with E-state index in [9.17, 15) is 44.4 Å². The zero-order valence-corrected chi connectivity index (χ0v) is 26.2. The summed E-state index contributed by atoms with van der Waals surface area (Å²) in [6, 6.07) is 14.7. The molecule has 3 fully saturated rings. The van der Waals surface area contributed by atoms with E-state index >= 15 is 0 Å². The van der Waals surface area contributed by atoms with Crippen molar-refractivity contribution in [2.24, 2.45) is 29.6 Å². The number of phenolic OH excluding ortho intramolecular Hbond substituents is 1. The second kappa shape index (κ2) is 11.9. The largest absolute Gasteiger partial charge is 0.503 e. The molecule has 2 saturated heterocycles. The molecule has 5 N–H and O–H groups in total. The molecule has 2 aliphatic heterocycles. The number of benzene rings is 3. The van der Waals surface area contributed by atoms with Crippen molar-refractivity contribution in [3.05, 3.63) is 82.9 Å². The number of carbonyl (C=O) groups excluding carboxylic acids is 4. The zero-order chi connectivity index (χ0) is 34.2. The topological polar surface area (TPSA) is 185 Å². The molecule has 0 spiro atoms. The normalized spacial score (nSPS) is 26.2. The summed E-state index contributed by atoms with van der Waals surface area (Å²) in [6.45, 7) is 0. The highest BCUT2D eigenvalue weighted by Crippen LogP contribution is 2.59. The van der Waals surface area contributed by atoms with Crippen molar-refractivity contribution < 1.29 is 49.1 Å². The third-order valence-corrected chi connectivity index (χ3v) is 10.4. The molecule has 0 aromatic heterocycles. The minimum atomic E-state index is -1.83. The van der Waals surface area contributed by atoms with Crippen molar-refractivity contribution in [3.8, 4) is 11.5 Å². The van der Waals surface area contributed by atoms with Gasteiger partial charge in [0.1, 0.15) is 0 Å². The molecular formula is C33H29B2ClN2O10. The molecule has 2 heterocycles. The molecule has 1 saturated carbocycles. The maximum atomic E-state index is 14.3. The summed E-state index contributed by atoms with van der Waals surface area (Å²) in [7, 11) is -2.30. The van der Waals surface area contributed by atoms with Gasteiger partial charge in [-0.15, -0.1) is 0 Å². The number of phenols is 1. The Balaban J connectivity index is 1.34. The Bertz CT molecular complexity index is 1920. The van der Waals surface area contributed by atoms with Gasteiger partial charge in [0.15, 0.2) is 11.5 Å². The van der Waals surface area contributed by atoms with Crippen molar-refractivity contribution in [1.82, 2.24) is 0 Å². The van der Waals surface area contributed by atoms with E-state index < -0.39 is 73.4 Å². The summed E-state index contributed by atoms with van der Waals surface area (Å²) in [6.07, 6.45) is 2.12. The summed E-state index contributed by atoms with van der Waals surface area (Å²) in [4.78, 5) is 58.7. The quantitative estimate of drug-likeness (QED) is 0.140. The van der Waals surface area contributed by atoms with Crippen LogP contribution in [0.15, 0.2) is 72.3 Å². The first-order valence-electron chi connectivity index (χ1n) is 15.4. The van der Waals surface area contributed by atoms with Crippen LogP contribution in [0.1, 0.15) is 24.3 Å². The van der Waals surface area contributed by atoms with Gasteiger partial charge < -0.3 is 29.9 Å². The monoisotopic (exact) mass is 670 g/mol. The molecule has 4 amide bonds. The van der Waals surface area contributed by atoms with Gasteiger partial charge in [-0.3, -0.25) is 29.0 Å². The summed E-state index contributed by atoms with van der Waals surface area (Å²) in [5.41, 5.74) is 1.70. The average molecular weight is 671 g/mol. The van der Waals surface area contributed by atoms with Crippen LogP contribution in [0.4, 0.5) is 11.4 Å². The molecule has 0 radical (unpaired) electrons. The Kier molecular flexibility index (Phi) is 7.96. The molecule has 48 heavy (non-hydrogen) atoms. The number of aromatic hydroxyl groups is 1. The molecule has 3 aromatic carbocycles. The summed E-state index contributed by atoms with van der Waals surface area (Å²) in [5.74, 6) is -7.19. The molecule has 12 nitrogen and oxygen atoms in total. The van der Waals surface area contributed by atoms with Crippen molar-refractivity contribution >= 4 is 71.8 Å². The van der Waals surface area contributed by atoms with E-state index in [0.717, 1.165) is 9.80 Å². The third-order valence-electron chi connectivity index (χ3n) is 10.1. The van der Waals surface area contributed by atoms with Gasteiger partial charge in [-0.05, 0) is 71.6 Å². The SMILES string of the molecule is COc1cc(C2C3=CCC4C(=O)N(c5cccc(B(O)O)c5)C(=O)C4C3CC3C(=O)N(c4cccc(B(O)O)c4)C(=O)C32)cc(Cl)c1O. The van der Waals surface area contributed by atoms with Gasteiger partial charge in [-0.1, -0.05) is 47.5 Å². The number of amides is 4. The van der Waals surface area contributed by atoms with Gasteiger partial charge in [0, 0.05) is 5.92 Å². The Hall–Kier alpha value is -4.46. The Labute approximate surface area is 280 Å². The molecule has 15 heteroatoms. The molecule has 6 atom stereocenters. The smallest absolute Gasteiger partial charge is 0.488 e. The first-order chi connectivity index (χ1) is 22.9. The van der Waals surface area contributed by atoms with E-state index in [0.29, 0.717) is 11.1 Å². The lowest BCUT2D eigenvalue weighted by Crippen LogP contribution is -2.43. The molecule has 7 rings (SSSR count). The predicted molar refractivity (Wildman–Crippen MR) is 175 cm³/mol. The fraction of sp³-hybridized carbons (Fsp3) is 0.273. The van der Waals surface area contributed by atoms with Crippen LogP contribution in [0, 0.1) is 29.6 Å². The number of anilines is 2. The number of fused-ring (bicyclic) bond motifs is 4. The van der Waals surface area contributed by atoms with Gasteiger partial charge in [0.2, 0.25) is 23.6 Å². The van der Waals surface area contributed by atoms with Crippen LogP contribution in [0.5, 0.6) is 11.5 Å². The highest BCUT2D eigenvalue weighted by molar-refractivity contribution is 6.59. The fourth-order valence-electron chi connectivity index (χ4n) is 8.05.